The number of rotatable bonds is 5. The lowest BCUT2D eigenvalue weighted by molar-refractivity contribution is -0.117. The van der Waals surface area contributed by atoms with Gasteiger partial charge in [0.15, 0.2) is 5.96 Å². The largest absolute Gasteiger partial charge is 0.450 e. The molecular weight excluding hydrogens is 370 g/mol. The standard InChI is InChI=1S/C21H31N5O3/c1-3-22-20(24-17-10-12-25(13-11-17)21(28)29-4-2)23-15-19(27)26-14-9-16-7-5-6-8-18(16)26/h5-8,17H,3-4,9-15H2,1-2H3,(H2,22,23,24). The zero-order chi connectivity index (χ0) is 20.6. The molecule has 1 aromatic carbocycles. The molecule has 8 nitrogen and oxygen atoms in total. The highest BCUT2D eigenvalue weighted by Gasteiger charge is 2.25. The number of hydrogen-bond acceptors (Lipinski definition) is 4. The van der Waals surface area contributed by atoms with Gasteiger partial charge in [-0.25, -0.2) is 9.79 Å². The first-order chi connectivity index (χ1) is 14.1. The molecule has 158 valence electrons. The van der Waals surface area contributed by atoms with Crippen molar-refractivity contribution in [3.8, 4) is 0 Å². The van der Waals surface area contributed by atoms with Gasteiger partial charge in [-0.3, -0.25) is 4.79 Å². The Morgan fingerprint density at radius 3 is 2.66 bits per heavy atom. The Bertz CT molecular complexity index is 744. The van der Waals surface area contributed by atoms with Gasteiger partial charge in [0, 0.05) is 37.9 Å². The summed E-state index contributed by atoms with van der Waals surface area (Å²) < 4.78 is 5.06. The number of amides is 2. The van der Waals surface area contributed by atoms with Gasteiger partial charge in [0.05, 0.1) is 6.61 Å². The van der Waals surface area contributed by atoms with E-state index in [4.69, 9.17) is 4.74 Å². The molecule has 1 fully saturated rings. The number of hydrogen-bond donors (Lipinski definition) is 2. The number of piperidine rings is 1. The smallest absolute Gasteiger partial charge is 0.409 e. The van der Waals surface area contributed by atoms with Crippen LogP contribution in [0.4, 0.5) is 10.5 Å². The Labute approximate surface area is 172 Å². The van der Waals surface area contributed by atoms with E-state index in [1.807, 2.05) is 36.9 Å². The van der Waals surface area contributed by atoms with Crippen LogP contribution >= 0.6 is 0 Å². The number of nitrogens with zero attached hydrogens (tertiary/aromatic N) is 3. The van der Waals surface area contributed by atoms with Crippen LogP contribution in [0.5, 0.6) is 0 Å². The molecular formula is C21H31N5O3. The zero-order valence-electron chi connectivity index (χ0n) is 17.3. The second-order valence-electron chi connectivity index (χ2n) is 7.22. The van der Waals surface area contributed by atoms with Crippen molar-refractivity contribution in [2.24, 2.45) is 4.99 Å². The maximum absolute atomic E-state index is 12.7. The van der Waals surface area contributed by atoms with E-state index < -0.39 is 0 Å². The van der Waals surface area contributed by atoms with Crippen LogP contribution in [0.3, 0.4) is 0 Å². The highest BCUT2D eigenvalue weighted by molar-refractivity contribution is 5.98. The molecule has 2 heterocycles. The van der Waals surface area contributed by atoms with Gasteiger partial charge < -0.3 is 25.2 Å². The fourth-order valence-corrected chi connectivity index (χ4v) is 3.76. The first kappa shape index (κ1) is 21.0. The van der Waals surface area contributed by atoms with E-state index in [9.17, 15) is 9.59 Å². The minimum Gasteiger partial charge on any atom is -0.450 e. The SMILES string of the molecule is CCNC(=NCC(=O)N1CCc2ccccc21)NC1CCN(C(=O)OCC)CC1. The number of aliphatic imine (C=N–C) groups is 1. The molecule has 8 heteroatoms. The van der Waals surface area contributed by atoms with E-state index in [-0.39, 0.29) is 24.6 Å². The van der Waals surface area contributed by atoms with Gasteiger partial charge in [-0.1, -0.05) is 18.2 Å². The van der Waals surface area contributed by atoms with Crippen molar-refractivity contribution in [3.63, 3.8) is 0 Å². The number of carbonyl (C=O) groups excluding carboxylic acids is 2. The molecule has 0 saturated carbocycles. The summed E-state index contributed by atoms with van der Waals surface area (Å²) in [6.07, 6.45) is 2.28. The molecule has 2 aliphatic rings. The molecule has 0 radical (unpaired) electrons. The first-order valence-corrected chi connectivity index (χ1v) is 10.5. The van der Waals surface area contributed by atoms with Crippen LogP contribution in [0.15, 0.2) is 29.3 Å². The predicted octanol–water partition coefficient (Wildman–Crippen LogP) is 1.75. The first-order valence-electron chi connectivity index (χ1n) is 10.5. The predicted molar refractivity (Wildman–Crippen MR) is 113 cm³/mol. The Kier molecular flexibility index (Phi) is 7.32. The van der Waals surface area contributed by atoms with Crippen LogP contribution in [0.25, 0.3) is 0 Å². The molecule has 0 spiro atoms. The van der Waals surface area contributed by atoms with Crippen LogP contribution < -0.4 is 15.5 Å². The van der Waals surface area contributed by atoms with E-state index >= 15 is 0 Å². The van der Waals surface area contributed by atoms with Crippen molar-refractivity contribution in [2.75, 3.05) is 44.2 Å². The molecule has 0 atom stereocenters. The van der Waals surface area contributed by atoms with Gasteiger partial charge in [0.25, 0.3) is 0 Å². The number of guanidine groups is 1. The van der Waals surface area contributed by atoms with Gasteiger partial charge in [0.2, 0.25) is 5.91 Å². The summed E-state index contributed by atoms with van der Waals surface area (Å²) in [7, 11) is 0. The van der Waals surface area contributed by atoms with Gasteiger partial charge >= 0.3 is 6.09 Å². The van der Waals surface area contributed by atoms with E-state index in [2.05, 4.69) is 21.7 Å². The fraction of sp³-hybridized carbons (Fsp3) is 0.571. The molecule has 0 unspecified atom stereocenters. The third kappa shape index (κ3) is 5.40. The minimum absolute atomic E-state index is 0.00397. The number of carbonyl (C=O) groups is 2. The van der Waals surface area contributed by atoms with Crippen LogP contribution in [0.2, 0.25) is 0 Å². The Morgan fingerprint density at radius 1 is 1.17 bits per heavy atom. The highest BCUT2D eigenvalue weighted by atomic mass is 16.6. The Balaban J connectivity index is 1.53. The maximum atomic E-state index is 12.7. The molecule has 1 aromatic rings. The van der Waals surface area contributed by atoms with E-state index in [0.29, 0.717) is 38.7 Å². The van der Waals surface area contributed by atoms with E-state index in [1.165, 1.54) is 5.56 Å². The third-order valence-electron chi connectivity index (χ3n) is 5.27. The fourth-order valence-electron chi connectivity index (χ4n) is 3.76. The molecule has 0 aliphatic carbocycles. The average Bonchev–Trinajstić information content (AvgIpc) is 3.17. The monoisotopic (exact) mass is 401 g/mol. The van der Waals surface area contributed by atoms with Crippen molar-refractivity contribution in [1.29, 1.82) is 0 Å². The summed E-state index contributed by atoms with van der Waals surface area (Å²) in [5, 5.41) is 6.62. The van der Waals surface area contributed by atoms with Crippen LogP contribution in [0, 0.1) is 0 Å². The highest BCUT2D eigenvalue weighted by Crippen LogP contribution is 2.27. The third-order valence-corrected chi connectivity index (χ3v) is 5.27. The number of nitrogens with one attached hydrogen (secondary N) is 2. The minimum atomic E-state index is -0.247. The van der Waals surface area contributed by atoms with Crippen molar-refractivity contribution in [2.45, 2.75) is 39.2 Å². The molecule has 3 rings (SSSR count). The lowest BCUT2D eigenvalue weighted by Gasteiger charge is -2.32. The van der Waals surface area contributed by atoms with Gasteiger partial charge in [-0.05, 0) is 44.7 Å². The summed E-state index contributed by atoms with van der Waals surface area (Å²) >= 11 is 0. The summed E-state index contributed by atoms with van der Waals surface area (Å²) in [5.41, 5.74) is 2.21. The Hall–Kier alpha value is -2.77. The number of benzene rings is 1. The molecule has 1 saturated heterocycles. The van der Waals surface area contributed by atoms with Gasteiger partial charge in [-0.15, -0.1) is 0 Å². The number of fused-ring (bicyclic) bond motifs is 1. The summed E-state index contributed by atoms with van der Waals surface area (Å²) in [5.74, 6) is 0.646. The van der Waals surface area contributed by atoms with E-state index in [0.717, 1.165) is 24.9 Å². The molecule has 2 aliphatic heterocycles. The lowest BCUT2D eigenvalue weighted by atomic mass is 10.1. The molecule has 2 amide bonds. The molecule has 29 heavy (non-hydrogen) atoms. The van der Waals surface area contributed by atoms with Crippen molar-refractivity contribution in [1.82, 2.24) is 15.5 Å². The van der Waals surface area contributed by atoms with Gasteiger partial charge in [-0.2, -0.15) is 0 Å². The van der Waals surface area contributed by atoms with Gasteiger partial charge in [0.1, 0.15) is 6.54 Å². The number of para-hydroxylation sites is 1. The normalized spacial score (nSPS) is 17.1. The maximum Gasteiger partial charge on any atom is 0.409 e. The summed E-state index contributed by atoms with van der Waals surface area (Å²) in [6.45, 7) is 7.04. The zero-order valence-corrected chi connectivity index (χ0v) is 17.3. The quantitative estimate of drug-likeness (QED) is 0.580. The molecule has 0 bridgehead atoms. The van der Waals surface area contributed by atoms with E-state index in [1.54, 1.807) is 4.90 Å². The summed E-state index contributed by atoms with van der Waals surface area (Å²) in [4.78, 5) is 32.6. The van der Waals surface area contributed by atoms with Crippen LogP contribution in [-0.2, 0) is 16.0 Å². The van der Waals surface area contributed by atoms with Crippen molar-refractivity contribution >= 4 is 23.6 Å². The summed E-state index contributed by atoms with van der Waals surface area (Å²) in [6, 6.07) is 8.24. The van der Waals surface area contributed by atoms with Crippen molar-refractivity contribution in [3.05, 3.63) is 29.8 Å². The second-order valence-corrected chi connectivity index (χ2v) is 7.22. The lowest BCUT2D eigenvalue weighted by Crippen LogP contribution is -2.50. The average molecular weight is 402 g/mol. The van der Waals surface area contributed by atoms with Crippen LogP contribution in [0.1, 0.15) is 32.3 Å². The number of likely N-dealkylation sites (tertiary alicyclic amines) is 1. The molecule has 0 aromatic heterocycles. The van der Waals surface area contributed by atoms with Crippen molar-refractivity contribution < 1.29 is 14.3 Å². The topological polar surface area (TPSA) is 86.3 Å². The number of ether oxygens (including phenoxy) is 1. The van der Waals surface area contributed by atoms with Crippen LogP contribution in [-0.4, -0.2) is 68.2 Å². The molecule has 2 N–H and O–H groups in total. The Morgan fingerprint density at radius 2 is 1.93 bits per heavy atom. The number of anilines is 1. The second kappa shape index (κ2) is 10.1.